The molecule has 20 heavy (non-hydrogen) atoms. The van der Waals surface area contributed by atoms with Crippen molar-refractivity contribution in [1.29, 1.82) is 0 Å². The largest absolute Gasteiger partial charge is 0.393 e. The molecule has 0 aliphatic rings. The van der Waals surface area contributed by atoms with E-state index in [0.717, 1.165) is 5.56 Å². The molecule has 0 aliphatic heterocycles. The van der Waals surface area contributed by atoms with Gasteiger partial charge < -0.3 is 11.1 Å². The summed E-state index contributed by atoms with van der Waals surface area (Å²) in [6.45, 7) is 1.91. The SMILES string of the molecule is Cc1cccc(NC(=O)c2ccc(N)c([N+](=O)[O-])c2)c1. The van der Waals surface area contributed by atoms with Crippen molar-refractivity contribution in [3.63, 3.8) is 0 Å². The Morgan fingerprint density at radius 1 is 1.25 bits per heavy atom. The van der Waals surface area contributed by atoms with Gasteiger partial charge in [-0.1, -0.05) is 12.1 Å². The van der Waals surface area contributed by atoms with Gasteiger partial charge in [-0.05, 0) is 36.8 Å². The number of nitro groups is 1. The second kappa shape index (κ2) is 5.40. The van der Waals surface area contributed by atoms with E-state index >= 15 is 0 Å². The van der Waals surface area contributed by atoms with E-state index in [1.807, 2.05) is 25.1 Å². The maximum Gasteiger partial charge on any atom is 0.292 e. The maximum atomic E-state index is 12.0. The number of nitrogens with two attached hydrogens (primary N) is 1. The number of benzene rings is 2. The summed E-state index contributed by atoms with van der Waals surface area (Å²) in [5.74, 6) is -0.418. The summed E-state index contributed by atoms with van der Waals surface area (Å²) in [6.07, 6.45) is 0. The van der Waals surface area contributed by atoms with Crippen molar-refractivity contribution in [1.82, 2.24) is 0 Å². The van der Waals surface area contributed by atoms with Crippen molar-refractivity contribution >= 4 is 23.0 Å². The molecule has 0 radical (unpaired) electrons. The maximum absolute atomic E-state index is 12.0. The van der Waals surface area contributed by atoms with Gasteiger partial charge in [0.25, 0.3) is 11.6 Å². The number of rotatable bonds is 3. The minimum absolute atomic E-state index is 0.0297. The third kappa shape index (κ3) is 2.92. The smallest absolute Gasteiger partial charge is 0.292 e. The van der Waals surface area contributed by atoms with Crippen LogP contribution in [0.5, 0.6) is 0 Å². The van der Waals surface area contributed by atoms with Crippen molar-refractivity contribution in [3.8, 4) is 0 Å². The number of anilines is 2. The lowest BCUT2D eigenvalue weighted by Crippen LogP contribution is -2.12. The zero-order chi connectivity index (χ0) is 14.7. The summed E-state index contributed by atoms with van der Waals surface area (Å²) in [5.41, 5.74) is 7.07. The summed E-state index contributed by atoms with van der Waals surface area (Å²) in [6, 6.07) is 11.2. The van der Waals surface area contributed by atoms with E-state index in [-0.39, 0.29) is 16.9 Å². The Morgan fingerprint density at radius 2 is 2.00 bits per heavy atom. The fourth-order valence-electron chi connectivity index (χ4n) is 1.77. The summed E-state index contributed by atoms with van der Waals surface area (Å²) < 4.78 is 0. The van der Waals surface area contributed by atoms with E-state index in [1.165, 1.54) is 18.2 Å². The molecule has 0 aliphatic carbocycles. The molecule has 2 rings (SSSR count). The lowest BCUT2D eigenvalue weighted by atomic mass is 10.1. The predicted octanol–water partition coefficient (Wildman–Crippen LogP) is 2.74. The lowest BCUT2D eigenvalue weighted by molar-refractivity contribution is -0.383. The highest BCUT2D eigenvalue weighted by atomic mass is 16.6. The van der Waals surface area contributed by atoms with Gasteiger partial charge >= 0.3 is 0 Å². The van der Waals surface area contributed by atoms with Gasteiger partial charge in [0.2, 0.25) is 0 Å². The van der Waals surface area contributed by atoms with E-state index < -0.39 is 10.8 Å². The second-order valence-electron chi connectivity index (χ2n) is 4.35. The monoisotopic (exact) mass is 271 g/mol. The van der Waals surface area contributed by atoms with Gasteiger partial charge in [-0.2, -0.15) is 0 Å². The average Bonchev–Trinajstić information content (AvgIpc) is 2.38. The zero-order valence-electron chi connectivity index (χ0n) is 10.8. The van der Waals surface area contributed by atoms with E-state index in [2.05, 4.69) is 5.32 Å². The van der Waals surface area contributed by atoms with Crippen LogP contribution in [-0.4, -0.2) is 10.8 Å². The topological polar surface area (TPSA) is 98.3 Å². The Morgan fingerprint density at radius 3 is 2.65 bits per heavy atom. The number of carbonyl (C=O) groups is 1. The number of aryl methyl sites for hydroxylation is 1. The number of nitrogen functional groups attached to an aromatic ring is 1. The molecule has 6 heteroatoms. The van der Waals surface area contributed by atoms with E-state index in [1.54, 1.807) is 6.07 Å². The first-order valence-corrected chi connectivity index (χ1v) is 5.89. The number of hydrogen-bond acceptors (Lipinski definition) is 4. The molecule has 0 saturated heterocycles. The van der Waals surface area contributed by atoms with Crippen LogP contribution in [0.3, 0.4) is 0 Å². The van der Waals surface area contributed by atoms with Crippen LogP contribution in [0.15, 0.2) is 42.5 Å². The molecule has 0 unspecified atom stereocenters. The fourth-order valence-corrected chi connectivity index (χ4v) is 1.77. The summed E-state index contributed by atoms with van der Waals surface area (Å²) in [5, 5.41) is 13.5. The van der Waals surface area contributed by atoms with Gasteiger partial charge in [-0.15, -0.1) is 0 Å². The van der Waals surface area contributed by atoms with E-state index in [0.29, 0.717) is 5.69 Å². The Labute approximate surface area is 115 Å². The molecular formula is C14H13N3O3. The highest BCUT2D eigenvalue weighted by molar-refractivity contribution is 6.05. The second-order valence-corrected chi connectivity index (χ2v) is 4.35. The minimum Gasteiger partial charge on any atom is -0.393 e. The van der Waals surface area contributed by atoms with Crippen LogP contribution < -0.4 is 11.1 Å². The standard InChI is InChI=1S/C14H13N3O3/c1-9-3-2-4-11(7-9)16-14(18)10-5-6-12(15)13(8-10)17(19)20/h2-8H,15H2,1H3,(H,16,18). The molecule has 6 nitrogen and oxygen atoms in total. The van der Waals surface area contributed by atoms with Crippen LogP contribution in [0.25, 0.3) is 0 Å². The molecule has 0 spiro atoms. The van der Waals surface area contributed by atoms with Gasteiger partial charge in [0.05, 0.1) is 4.92 Å². The van der Waals surface area contributed by atoms with Gasteiger partial charge in [0, 0.05) is 17.3 Å². The highest BCUT2D eigenvalue weighted by Crippen LogP contribution is 2.23. The number of hydrogen-bond donors (Lipinski definition) is 2. The number of amides is 1. The van der Waals surface area contributed by atoms with Crippen LogP contribution in [0.4, 0.5) is 17.1 Å². The molecule has 0 bridgehead atoms. The number of nitrogens with zero attached hydrogens (tertiary/aromatic N) is 1. The first-order chi connectivity index (χ1) is 9.47. The Hall–Kier alpha value is -2.89. The first kappa shape index (κ1) is 13.5. The molecular weight excluding hydrogens is 258 g/mol. The van der Waals surface area contributed by atoms with Crippen LogP contribution >= 0.6 is 0 Å². The van der Waals surface area contributed by atoms with Crippen LogP contribution in [0.2, 0.25) is 0 Å². The normalized spacial score (nSPS) is 10.1. The Kier molecular flexibility index (Phi) is 3.65. The van der Waals surface area contributed by atoms with Crippen molar-refractivity contribution in [2.24, 2.45) is 0 Å². The number of nitrogens with one attached hydrogen (secondary N) is 1. The van der Waals surface area contributed by atoms with Crippen molar-refractivity contribution in [2.45, 2.75) is 6.92 Å². The van der Waals surface area contributed by atoms with Crippen LogP contribution in [0.1, 0.15) is 15.9 Å². The highest BCUT2D eigenvalue weighted by Gasteiger charge is 2.15. The first-order valence-electron chi connectivity index (χ1n) is 5.89. The van der Waals surface area contributed by atoms with Crippen molar-refractivity contribution < 1.29 is 9.72 Å². The quantitative estimate of drug-likeness (QED) is 0.509. The number of nitro benzene ring substituents is 1. The minimum atomic E-state index is -0.612. The third-order valence-electron chi connectivity index (χ3n) is 2.77. The fraction of sp³-hybridized carbons (Fsp3) is 0.0714. The molecule has 3 N–H and O–H groups in total. The Bertz CT molecular complexity index is 683. The van der Waals surface area contributed by atoms with Crippen LogP contribution in [-0.2, 0) is 0 Å². The average molecular weight is 271 g/mol. The van der Waals surface area contributed by atoms with Crippen LogP contribution in [0, 0.1) is 17.0 Å². The van der Waals surface area contributed by atoms with Crippen molar-refractivity contribution in [2.75, 3.05) is 11.1 Å². The van der Waals surface area contributed by atoms with Gasteiger partial charge in [-0.25, -0.2) is 0 Å². The molecule has 0 atom stereocenters. The molecule has 0 aromatic heterocycles. The third-order valence-corrected chi connectivity index (χ3v) is 2.77. The lowest BCUT2D eigenvalue weighted by Gasteiger charge is -2.06. The molecule has 0 heterocycles. The molecule has 0 fully saturated rings. The predicted molar refractivity (Wildman–Crippen MR) is 76.6 cm³/mol. The molecule has 1 amide bonds. The van der Waals surface area contributed by atoms with Gasteiger partial charge in [0.1, 0.15) is 5.69 Å². The Balaban J connectivity index is 2.26. The summed E-state index contributed by atoms with van der Waals surface area (Å²) in [7, 11) is 0. The molecule has 102 valence electrons. The summed E-state index contributed by atoms with van der Waals surface area (Å²) in [4.78, 5) is 22.2. The van der Waals surface area contributed by atoms with E-state index in [4.69, 9.17) is 5.73 Å². The van der Waals surface area contributed by atoms with Crippen molar-refractivity contribution in [3.05, 3.63) is 63.7 Å². The molecule has 2 aromatic rings. The molecule has 0 saturated carbocycles. The summed E-state index contributed by atoms with van der Waals surface area (Å²) >= 11 is 0. The van der Waals surface area contributed by atoms with E-state index in [9.17, 15) is 14.9 Å². The van der Waals surface area contributed by atoms with Gasteiger partial charge in [-0.3, -0.25) is 14.9 Å². The zero-order valence-corrected chi connectivity index (χ0v) is 10.8. The van der Waals surface area contributed by atoms with Gasteiger partial charge in [0.15, 0.2) is 0 Å². The number of carbonyl (C=O) groups excluding carboxylic acids is 1. The molecule has 2 aromatic carbocycles.